The number of nitrogens with zero attached hydrogens (tertiary/aromatic N) is 4. The van der Waals surface area contributed by atoms with Gasteiger partial charge in [-0.25, -0.2) is 8.42 Å². The van der Waals surface area contributed by atoms with Crippen molar-refractivity contribution in [3.05, 3.63) is 96.5 Å². The lowest BCUT2D eigenvalue weighted by atomic mass is 10.1. The van der Waals surface area contributed by atoms with Crippen LogP contribution in [0.1, 0.15) is 33.4 Å². The Bertz CT molecular complexity index is 1740. The first-order valence-electron chi connectivity index (χ1n) is 12.0. The quantitative estimate of drug-likeness (QED) is 0.158. The van der Waals surface area contributed by atoms with E-state index in [4.69, 9.17) is 0 Å². The van der Waals surface area contributed by atoms with Crippen molar-refractivity contribution in [2.24, 2.45) is 0 Å². The molecule has 14 nitrogen and oxygen atoms in total. The summed E-state index contributed by atoms with van der Waals surface area (Å²) in [6, 6.07) is 12.2. The molecule has 0 bridgehead atoms. The lowest BCUT2D eigenvalue weighted by molar-refractivity contribution is -0.392. The van der Waals surface area contributed by atoms with Gasteiger partial charge in [-0.05, 0) is 56.2 Å². The highest BCUT2D eigenvalue weighted by molar-refractivity contribution is 7.93. The molecule has 0 aliphatic carbocycles. The molecule has 1 heterocycles. The molecule has 0 fully saturated rings. The Labute approximate surface area is 237 Å². The van der Waals surface area contributed by atoms with Crippen LogP contribution >= 0.6 is 11.3 Å². The van der Waals surface area contributed by atoms with Crippen LogP contribution in [0.25, 0.3) is 0 Å². The maximum absolute atomic E-state index is 13.0. The van der Waals surface area contributed by atoms with Crippen molar-refractivity contribution >= 4 is 60.8 Å². The van der Waals surface area contributed by atoms with E-state index in [1.165, 1.54) is 24.3 Å². The summed E-state index contributed by atoms with van der Waals surface area (Å²) < 4.78 is 27.7. The number of nitro benzene ring substituents is 2. The van der Waals surface area contributed by atoms with Crippen LogP contribution in [0.4, 0.5) is 33.6 Å². The average molecular weight is 598 g/mol. The van der Waals surface area contributed by atoms with Crippen molar-refractivity contribution in [1.82, 2.24) is 10.2 Å². The Morgan fingerprint density at radius 2 is 1.59 bits per heavy atom. The summed E-state index contributed by atoms with van der Waals surface area (Å²) in [5, 5.41) is 37.4. The fourth-order valence-electron chi connectivity index (χ4n) is 3.78. The van der Waals surface area contributed by atoms with E-state index >= 15 is 0 Å². The molecule has 0 spiro atoms. The van der Waals surface area contributed by atoms with Crippen molar-refractivity contribution in [2.75, 3.05) is 15.4 Å². The summed E-state index contributed by atoms with van der Waals surface area (Å²) in [4.78, 5) is 35.0. The molecule has 4 aromatic rings. The van der Waals surface area contributed by atoms with Crippen LogP contribution in [0.2, 0.25) is 0 Å². The largest absolute Gasteiger partial charge is 0.344 e. The second kappa shape index (κ2) is 11.6. The maximum atomic E-state index is 13.0. The molecule has 0 unspecified atom stereocenters. The van der Waals surface area contributed by atoms with Crippen molar-refractivity contribution in [1.29, 1.82) is 0 Å². The number of anilines is 4. The first-order chi connectivity index (χ1) is 19.4. The molecule has 0 saturated carbocycles. The highest BCUT2D eigenvalue weighted by atomic mass is 32.2. The van der Waals surface area contributed by atoms with Gasteiger partial charge in [0.15, 0.2) is 5.69 Å². The lowest BCUT2D eigenvalue weighted by Gasteiger charge is -2.12. The highest BCUT2D eigenvalue weighted by Crippen LogP contribution is 2.39. The van der Waals surface area contributed by atoms with E-state index in [0.29, 0.717) is 22.7 Å². The number of amides is 1. The van der Waals surface area contributed by atoms with E-state index in [0.717, 1.165) is 29.0 Å². The molecule has 1 aromatic heterocycles. The van der Waals surface area contributed by atoms with E-state index in [-0.39, 0.29) is 27.0 Å². The SMILES string of the molecule is CCc1nnc(NS(=O)(=O)c2ccc(NC(=O)c3cc([N+](=O)[O-])c(Nc4ccc(C)cc4C)c([N+](=O)[O-])c3)cc2)s1. The fraction of sp³-hybridized carbons (Fsp3) is 0.160. The molecular weight excluding hydrogens is 574 g/mol. The van der Waals surface area contributed by atoms with Crippen LogP contribution < -0.4 is 15.4 Å². The van der Waals surface area contributed by atoms with Crippen LogP contribution in [0.5, 0.6) is 0 Å². The van der Waals surface area contributed by atoms with Gasteiger partial charge in [0.2, 0.25) is 5.13 Å². The summed E-state index contributed by atoms with van der Waals surface area (Å²) in [6.45, 7) is 5.47. The minimum Gasteiger partial charge on any atom is -0.344 e. The van der Waals surface area contributed by atoms with Crippen molar-refractivity contribution in [2.45, 2.75) is 32.1 Å². The molecule has 0 saturated heterocycles. The van der Waals surface area contributed by atoms with Crippen LogP contribution in [-0.2, 0) is 16.4 Å². The number of hydrogen-bond acceptors (Lipinski definition) is 11. The predicted octanol–water partition coefficient (Wildman–Crippen LogP) is 5.33. The monoisotopic (exact) mass is 597 g/mol. The third-order valence-corrected chi connectivity index (χ3v) is 8.27. The van der Waals surface area contributed by atoms with Gasteiger partial charge >= 0.3 is 11.4 Å². The van der Waals surface area contributed by atoms with Gasteiger partial charge in [0.25, 0.3) is 15.9 Å². The van der Waals surface area contributed by atoms with Crippen LogP contribution in [0.15, 0.2) is 59.5 Å². The summed E-state index contributed by atoms with van der Waals surface area (Å²) in [5.41, 5.74) is 0.197. The summed E-state index contributed by atoms with van der Waals surface area (Å²) in [5.74, 6) is -0.871. The first-order valence-corrected chi connectivity index (χ1v) is 14.3. The molecule has 41 heavy (non-hydrogen) atoms. The number of aromatic nitrogens is 2. The Kier molecular flexibility index (Phi) is 8.25. The van der Waals surface area contributed by atoms with Crippen molar-refractivity contribution in [3.63, 3.8) is 0 Å². The van der Waals surface area contributed by atoms with E-state index in [1.807, 2.05) is 19.9 Å². The standard InChI is InChI=1S/C25H23N7O7S2/c1-4-22-28-29-25(40-22)30-41(38,39)18-8-6-17(7-9-18)26-24(33)16-12-20(31(34)35)23(21(13-16)32(36)37)27-19-10-5-14(2)11-15(19)3/h5-13,27H,4H2,1-3H3,(H,26,33)(H,29,30). The van der Waals surface area contributed by atoms with Gasteiger partial charge in [-0.1, -0.05) is 36.0 Å². The number of nitro groups is 2. The number of aryl methyl sites for hydroxylation is 3. The zero-order chi connectivity index (χ0) is 29.9. The normalized spacial score (nSPS) is 11.1. The van der Waals surface area contributed by atoms with Gasteiger partial charge < -0.3 is 10.6 Å². The van der Waals surface area contributed by atoms with Gasteiger partial charge in [0.05, 0.1) is 20.3 Å². The lowest BCUT2D eigenvalue weighted by Crippen LogP contribution is -2.15. The van der Waals surface area contributed by atoms with Gasteiger partial charge in [0.1, 0.15) is 5.01 Å². The van der Waals surface area contributed by atoms with Gasteiger partial charge in [-0.3, -0.25) is 29.7 Å². The van der Waals surface area contributed by atoms with Crippen LogP contribution in [-0.4, -0.2) is 34.4 Å². The molecule has 212 valence electrons. The van der Waals surface area contributed by atoms with E-state index in [9.17, 15) is 33.4 Å². The van der Waals surface area contributed by atoms with Crippen molar-refractivity contribution in [3.8, 4) is 0 Å². The Balaban J connectivity index is 1.59. The van der Waals surface area contributed by atoms with Crippen molar-refractivity contribution < 1.29 is 23.1 Å². The molecule has 0 aliphatic heterocycles. The topological polar surface area (TPSA) is 199 Å². The Morgan fingerprint density at radius 3 is 2.12 bits per heavy atom. The molecule has 1 amide bonds. The molecule has 3 N–H and O–H groups in total. The number of hydrogen-bond donors (Lipinski definition) is 3. The average Bonchev–Trinajstić information content (AvgIpc) is 3.37. The minimum atomic E-state index is -3.98. The number of sulfonamides is 1. The molecule has 0 atom stereocenters. The molecule has 4 rings (SSSR count). The predicted molar refractivity (Wildman–Crippen MR) is 153 cm³/mol. The number of carbonyl (C=O) groups excluding carboxylic acids is 1. The molecule has 0 radical (unpaired) electrons. The summed E-state index contributed by atoms with van der Waals surface area (Å²) >= 11 is 1.10. The van der Waals surface area contributed by atoms with Crippen LogP contribution in [0.3, 0.4) is 0 Å². The maximum Gasteiger partial charge on any atom is 0.300 e. The Morgan fingerprint density at radius 1 is 0.951 bits per heavy atom. The first kappa shape index (κ1) is 29.0. The van der Waals surface area contributed by atoms with E-state index in [2.05, 4.69) is 25.6 Å². The summed E-state index contributed by atoms with van der Waals surface area (Å²) in [6.07, 6.45) is 0.603. The molecule has 16 heteroatoms. The summed E-state index contributed by atoms with van der Waals surface area (Å²) in [7, 11) is -3.98. The molecule has 3 aromatic carbocycles. The zero-order valence-corrected chi connectivity index (χ0v) is 23.5. The molecular formula is C25H23N7O7S2. The minimum absolute atomic E-state index is 0.109. The van der Waals surface area contributed by atoms with Gasteiger partial charge in [-0.15, -0.1) is 10.2 Å². The second-order valence-electron chi connectivity index (χ2n) is 8.79. The zero-order valence-electron chi connectivity index (χ0n) is 21.9. The number of benzene rings is 3. The Hall–Kier alpha value is -4.96. The van der Waals surface area contributed by atoms with Crippen LogP contribution in [0, 0.1) is 34.1 Å². The third-order valence-electron chi connectivity index (χ3n) is 5.81. The van der Waals surface area contributed by atoms with Gasteiger partial charge in [-0.2, -0.15) is 0 Å². The number of nitrogens with one attached hydrogen (secondary N) is 3. The second-order valence-corrected chi connectivity index (χ2v) is 11.5. The number of rotatable bonds is 10. The third kappa shape index (κ3) is 6.62. The highest BCUT2D eigenvalue weighted by Gasteiger charge is 2.29. The fourth-order valence-corrected chi connectivity index (χ4v) is 5.69. The van der Waals surface area contributed by atoms with E-state index < -0.39 is 37.2 Å². The van der Waals surface area contributed by atoms with E-state index in [1.54, 1.807) is 19.1 Å². The number of carbonyl (C=O) groups is 1. The molecule has 0 aliphatic rings. The smallest absolute Gasteiger partial charge is 0.300 e. The van der Waals surface area contributed by atoms with Gasteiger partial charge in [0, 0.05) is 23.5 Å².